The van der Waals surface area contributed by atoms with Crippen molar-refractivity contribution in [1.29, 1.82) is 0 Å². The number of halogens is 2. The number of benzene rings is 1. The molecule has 5 heteroatoms. The summed E-state index contributed by atoms with van der Waals surface area (Å²) in [5, 5.41) is 3.74. The molecule has 0 bridgehead atoms. The molecule has 80 valence electrons. The number of ether oxygens (including phenoxy) is 1. The highest BCUT2D eigenvalue weighted by Crippen LogP contribution is 2.27. The molecule has 0 radical (unpaired) electrons. The van der Waals surface area contributed by atoms with Gasteiger partial charge in [-0.15, -0.1) is 0 Å². The molecule has 0 aromatic heterocycles. The van der Waals surface area contributed by atoms with Gasteiger partial charge < -0.3 is 10.1 Å². The first kappa shape index (κ1) is 10.7. The molecule has 2 atom stereocenters. The van der Waals surface area contributed by atoms with E-state index in [1.165, 1.54) is 0 Å². The molecule has 0 unspecified atom stereocenters. The van der Waals surface area contributed by atoms with Crippen molar-refractivity contribution in [1.82, 2.24) is 5.32 Å². The lowest BCUT2D eigenvalue weighted by Crippen LogP contribution is -2.22. The van der Waals surface area contributed by atoms with Gasteiger partial charge in [-0.2, -0.15) is 0 Å². The van der Waals surface area contributed by atoms with Gasteiger partial charge in [0, 0.05) is 15.6 Å². The summed E-state index contributed by atoms with van der Waals surface area (Å²) >= 11 is 11.7. The normalized spacial score (nSPS) is 25.4. The van der Waals surface area contributed by atoms with Crippen LogP contribution in [0.2, 0.25) is 10.0 Å². The fourth-order valence-electron chi connectivity index (χ4n) is 1.43. The van der Waals surface area contributed by atoms with Crippen LogP contribution in [0.5, 0.6) is 0 Å². The van der Waals surface area contributed by atoms with Crippen LogP contribution in [0.15, 0.2) is 18.2 Å². The highest BCUT2D eigenvalue weighted by atomic mass is 35.5. The Morgan fingerprint density at radius 2 is 1.87 bits per heavy atom. The molecule has 1 aliphatic rings. The summed E-state index contributed by atoms with van der Waals surface area (Å²) in [6, 6.07) is 5.07. The summed E-state index contributed by atoms with van der Waals surface area (Å²) in [5.41, 5.74) is 0.755. The fraction of sp³-hybridized carbons (Fsp3) is 0.300. The third kappa shape index (κ3) is 2.25. The molecule has 1 aliphatic heterocycles. The number of hydrogen-bond donors (Lipinski definition) is 1. The largest absolute Gasteiger partial charge is 0.341 e. The van der Waals surface area contributed by atoms with Gasteiger partial charge in [-0.1, -0.05) is 23.2 Å². The zero-order chi connectivity index (χ0) is 11.0. The molecule has 15 heavy (non-hydrogen) atoms. The highest BCUT2D eigenvalue weighted by molar-refractivity contribution is 6.34. The van der Waals surface area contributed by atoms with Gasteiger partial charge in [0.25, 0.3) is 5.91 Å². The number of carbonyl (C=O) groups is 1. The predicted molar refractivity (Wildman–Crippen MR) is 57.9 cm³/mol. The molecule has 0 aliphatic carbocycles. The van der Waals surface area contributed by atoms with Crippen molar-refractivity contribution in [2.45, 2.75) is 19.3 Å². The Labute approximate surface area is 97.3 Å². The van der Waals surface area contributed by atoms with E-state index in [0.717, 1.165) is 5.56 Å². The molecule has 1 saturated heterocycles. The van der Waals surface area contributed by atoms with Gasteiger partial charge in [-0.3, -0.25) is 4.79 Å². The second kappa shape index (κ2) is 4.00. The van der Waals surface area contributed by atoms with Gasteiger partial charge in [0.15, 0.2) is 6.23 Å². The summed E-state index contributed by atoms with van der Waals surface area (Å²) in [6.07, 6.45) is -0.892. The number of carbonyl (C=O) groups excluding carboxylic acids is 1. The molecule has 0 saturated carbocycles. The maximum atomic E-state index is 11.2. The van der Waals surface area contributed by atoms with Crippen molar-refractivity contribution in [3.05, 3.63) is 33.8 Å². The molecular formula is C10H9Cl2NO2. The summed E-state index contributed by atoms with van der Waals surface area (Å²) < 4.78 is 5.39. The van der Waals surface area contributed by atoms with E-state index in [4.69, 9.17) is 27.9 Å². The van der Waals surface area contributed by atoms with E-state index in [1.807, 2.05) is 0 Å². The maximum absolute atomic E-state index is 11.2. The van der Waals surface area contributed by atoms with E-state index in [9.17, 15) is 4.79 Å². The average Bonchev–Trinajstić information content (AvgIpc) is 2.45. The standard InChI is InChI=1S/C10H9Cl2NO2/c1-5-9(14)13-10(15-5)6-2-7(11)4-8(12)3-6/h2-5,10H,1H3,(H,13,14)/t5-,10+/m0/s1. The molecule has 1 amide bonds. The van der Waals surface area contributed by atoms with Crippen molar-refractivity contribution >= 4 is 29.1 Å². The van der Waals surface area contributed by atoms with Gasteiger partial charge in [0.1, 0.15) is 6.10 Å². The first-order chi connectivity index (χ1) is 7.06. The first-order valence-corrected chi connectivity index (χ1v) is 5.23. The van der Waals surface area contributed by atoms with E-state index in [0.29, 0.717) is 10.0 Å². The lowest BCUT2D eigenvalue weighted by atomic mass is 10.2. The first-order valence-electron chi connectivity index (χ1n) is 4.48. The van der Waals surface area contributed by atoms with E-state index in [-0.39, 0.29) is 5.91 Å². The molecule has 1 aromatic carbocycles. The van der Waals surface area contributed by atoms with Crippen LogP contribution < -0.4 is 5.32 Å². The second-order valence-corrected chi connectivity index (χ2v) is 4.24. The molecule has 1 aromatic rings. The number of nitrogens with one attached hydrogen (secondary N) is 1. The fourth-order valence-corrected chi connectivity index (χ4v) is 1.98. The summed E-state index contributed by atoms with van der Waals surface area (Å²) in [5.74, 6) is -0.129. The minimum absolute atomic E-state index is 0.129. The maximum Gasteiger partial charge on any atom is 0.251 e. The second-order valence-electron chi connectivity index (χ2n) is 3.37. The lowest BCUT2D eigenvalue weighted by molar-refractivity contribution is -0.122. The van der Waals surface area contributed by atoms with Crippen molar-refractivity contribution < 1.29 is 9.53 Å². The zero-order valence-corrected chi connectivity index (χ0v) is 9.47. The van der Waals surface area contributed by atoms with Crippen LogP contribution in [0.25, 0.3) is 0 Å². The van der Waals surface area contributed by atoms with E-state index in [2.05, 4.69) is 5.32 Å². The van der Waals surface area contributed by atoms with Crippen LogP contribution in [0.4, 0.5) is 0 Å². The molecule has 1 fully saturated rings. The van der Waals surface area contributed by atoms with Gasteiger partial charge in [0.2, 0.25) is 0 Å². The molecular weight excluding hydrogens is 237 g/mol. The third-order valence-corrected chi connectivity index (χ3v) is 2.61. The van der Waals surface area contributed by atoms with Crippen LogP contribution in [-0.2, 0) is 9.53 Å². The average molecular weight is 246 g/mol. The molecule has 1 heterocycles. The topological polar surface area (TPSA) is 38.3 Å². The highest BCUT2D eigenvalue weighted by Gasteiger charge is 2.30. The Morgan fingerprint density at radius 3 is 2.33 bits per heavy atom. The van der Waals surface area contributed by atoms with E-state index < -0.39 is 12.3 Å². The van der Waals surface area contributed by atoms with Crippen molar-refractivity contribution in [2.24, 2.45) is 0 Å². The van der Waals surface area contributed by atoms with Gasteiger partial charge in [0.05, 0.1) is 0 Å². The van der Waals surface area contributed by atoms with Crippen molar-refractivity contribution in [3.63, 3.8) is 0 Å². The van der Waals surface area contributed by atoms with Crippen molar-refractivity contribution in [3.8, 4) is 0 Å². The molecule has 1 N–H and O–H groups in total. The Hall–Kier alpha value is -0.770. The van der Waals surface area contributed by atoms with Crippen LogP contribution in [0, 0.1) is 0 Å². The van der Waals surface area contributed by atoms with Crippen molar-refractivity contribution in [2.75, 3.05) is 0 Å². The number of rotatable bonds is 1. The Kier molecular flexibility index (Phi) is 2.87. The quantitative estimate of drug-likeness (QED) is 0.826. The lowest BCUT2D eigenvalue weighted by Gasteiger charge is -2.11. The Morgan fingerprint density at radius 1 is 1.27 bits per heavy atom. The molecule has 2 rings (SSSR count). The van der Waals surface area contributed by atoms with E-state index >= 15 is 0 Å². The monoisotopic (exact) mass is 245 g/mol. The van der Waals surface area contributed by atoms with Gasteiger partial charge in [-0.05, 0) is 25.1 Å². The summed E-state index contributed by atoms with van der Waals surface area (Å²) in [7, 11) is 0. The van der Waals surface area contributed by atoms with Gasteiger partial charge in [-0.25, -0.2) is 0 Å². The predicted octanol–water partition coefficient (Wildman–Crippen LogP) is 2.53. The SMILES string of the molecule is C[C@@H]1O[C@H](c2cc(Cl)cc(Cl)c2)NC1=O. The number of hydrogen-bond acceptors (Lipinski definition) is 2. The minimum atomic E-state index is -0.455. The minimum Gasteiger partial charge on any atom is -0.341 e. The van der Waals surface area contributed by atoms with Crippen LogP contribution in [0.1, 0.15) is 18.7 Å². The summed E-state index contributed by atoms with van der Waals surface area (Å²) in [6.45, 7) is 1.70. The smallest absolute Gasteiger partial charge is 0.251 e. The van der Waals surface area contributed by atoms with E-state index in [1.54, 1.807) is 25.1 Å². The third-order valence-electron chi connectivity index (χ3n) is 2.17. The molecule has 3 nitrogen and oxygen atoms in total. The van der Waals surface area contributed by atoms with Crippen LogP contribution in [0.3, 0.4) is 0 Å². The zero-order valence-electron chi connectivity index (χ0n) is 7.96. The van der Waals surface area contributed by atoms with Crippen LogP contribution >= 0.6 is 23.2 Å². The summed E-state index contributed by atoms with van der Waals surface area (Å²) in [4.78, 5) is 11.2. The van der Waals surface area contributed by atoms with Crippen LogP contribution in [-0.4, -0.2) is 12.0 Å². The number of amides is 1. The molecule has 0 spiro atoms. The Balaban J connectivity index is 2.27. The van der Waals surface area contributed by atoms with Gasteiger partial charge >= 0.3 is 0 Å². The Bertz CT molecular complexity index is 388.